The number of para-hydroxylation sites is 2. The maximum Gasteiger partial charge on any atom is 0.344 e. The van der Waals surface area contributed by atoms with Gasteiger partial charge in [0.2, 0.25) is 0 Å². The van der Waals surface area contributed by atoms with Crippen LogP contribution < -0.4 is 5.73 Å². The molecule has 2 heterocycles. The standard InChI is InChI=1S/C23H22ClN5O4/c1-3-13(4-2)12-33-23(30)19-20-22(27-17-8-6-5-7-16(17)26-20)28(21(19)25)14-9-10-15(24)18(11-14)29(31)32/h5-11,13H,3-4,12,25H2,1-2H3. The number of carbonyl (C=O) groups excluding carboxylic acids is 1. The zero-order chi connectivity index (χ0) is 23.7. The first-order valence-corrected chi connectivity index (χ1v) is 10.9. The highest BCUT2D eigenvalue weighted by atomic mass is 35.5. The van der Waals surface area contributed by atoms with Gasteiger partial charge in [-0.2, -0.15) is 0 Å². The van der Waals surface area contributed by atoms with Crippen LogP contribution >= 0.6 is 11.6 Å². The first kappa shape index (κ1) is 22.5. The minimum Gasteiger partial charge on any atom is -0.462 e. The third-order valence-corrected chi connectivity index (χ3v) is 6.01. The Labute approximate surface area is 194 Å². The van der Waals surface area contributed by atoms with Crippen molar-refractivity contribution in [3.05, 3.63) is 63.2 Å². The highest BCUT2D eigenvalue weighted by molar-refractivity contribution is 6.32. The van der Waals surface area contributed by atoms with Crippen molar-refractivity contribution in [2.75, 3.05) is 12.3 Å². The van der Waals surface area contributed by atoms with Gasteiger partial charge in [-0.1, -0.05) is 50.4 Å². The molecule has 2 N–H and O–H groups in total. The molecule has 0 saturated heterocycles. The predicted octanol–water partition coefficient (Wildman–Crippen LogP) is 5.31. The van der Waals surface area contributed by atoms with Crippen molar-refractivity contribution in [3.63, 3.8) is 0 Å². The van der Waals surface area contributed by atoms with Crippen LogP contribution in [0.3, 0.4) is 0 Å². The number of ether oxygens (including phenoxy) is 1. The van der Waals surface area contributed by atoms with Crippen molar-refractivity contribution >= 4 is 51.3 Å². The van der Waals surface area contributed by atoms with Crippen molar-refractivity contribution in [1.82, 2.24) is 14.5 Å². The summed E-state index contributed by atoms with van der Waals surface area (Å²) in [6.45, 7) is 4.33. The normalized spacial score (nSPS) is 11.4. The number of halogens is 1. The summed E-state index contributed by atoms with van der Waals surface area (Å²) in [6, 6.07) is 11.5. The Balaban J connectivity index is 1.94. The summed E-state index contributed by atoms with van der Waals surface area (Å²) in [4.78, 5) is 33.2. The van der Waals surface area contributed by atoms with E-state index in [1.165, 1.54) is 16.7 Å². The van der Waals surface area contributed by atoms with Crippen LogP contribution in [0.4, 0.5) is 11.5 Å². The summed E-state index contributed by atoms with van der Waals surface area (Å²) in [7, 11) is 0. The van der Waals surface area contributed by atoms with Gasteiger partial charge in [0.1, 0.15) is 21.9 Å². The molecule has 0 bridgehead atoms. The average Bonchev–Trinajstić information content (AvgIpc) is 3.09. The maximum absolute atomic E-state index is 13.1. The van der Waals surface area contributed by atoms with E-state index in [0.717, 1.165) is 12.8 Å². The number of esters is 1. The molecule has 0 amide bonds. The molecule has 4 aromatic rings. The summed E-state index contributed by atoms with van der Waals surface area (Å²) in [5.41, 5.74) is 8.26. The third kappa shape index (κ3) is 4.07. The summed E-state index contributed by atoms with van der Waals surface area (Å²) in [5, 5.41) is 11.4. The van der Waals surface area contributed by atoms with E-state index in [1.807, 2.05) is 26.0 Å². The van der Waals surface area contributed by atoms with Crippen molar-refractivity contribution in [2.45, 2.75) is 26.7 Å². The number of rotatable bonds is 7. The fraction of sp³-hybridized carbons (Fsp3) is 0.261. The Morgan fingerprint density at radius 3 is 2.48 bits per heavy atom. The van der Waals surface area contributed by atoms with E-state index in [2.05, 4.69) is 9.97 Å². The van der Waals surface area contributed by atoms with Gasteiger partial charge in [-0.3, -0.25) is 14.7 Å². The second kappa shape index (κ2) is 9.03. The number of nitrogen functional groups attached to an aromatic ring is 1. The molecule has 0 aliphatic rings. The molecule has 0 fully saturated rings. The van der Waals surface area contributed by atoms with Gasteiger partial charge in [0.25, 0.3) is 5.69 Å². The van der Waals surface area contributed by atoms with Crippen molar-refractivity contribution in [3.8, 4) is 5.69 Å². The Kier molecular flexibility index (Phi) is 6.15. The highest BCUT2D eigenvalue weighted by Crippen LogP contribution is 2.34. The second-order valence-corrected chi connectivity index (χ2v) is 8.06. The zero-order valence-electron chi connectivity index (χ0n) is 18.1. The minimum absolute atomic E-state index is 0.0138. The number of nitrogens with two attached hydrogens (primary N) is 1. The van der Waals surface area contributed by atoms with E-state index in [1.54, 1.807) is 18.2 Å². The molecule has 0 radical (unpaired) electrons. The van der Waals surface area contributed by atoms with Crippen molar-refractivity contribution < 1.29 is 14.5 Å². The first-order valence-electron chi connectivity index (χ1n) is 10.5. The molecule has 2 aromatic heterocycles. The van der Waals surface area contributed by atoms with Crippen LogP contribution in [0.15, 0.2) is 42.5 Å². The summed E-state index contributed by atoms with van der Waals surface area (Å²) in [5.74, 6) is -0.350. The van der Waals surface area contributed by atoms with E-state index in [4.69, 9.17) is 22.1 Å². The number of hydrogen-bond acceptors (Lipinski definition) is 7. The largest absolute Gasteiger partial charge is 0.462 e. The van der Waals surface area contributed by atoms with Crippen LogP contribution in [-0.2, 0) is 4.74 Å². The molecule has 10 heteroatoms. The molecule has 2 aromatic carbocycles. The quantitative estimate of drug-likeness (QED) is 0.221. The first-order chi connectivity index (χ1) is 15.8. The van der Waals surface area contributed by atoms with E-state index < -0.39 is 10.9 Å². The number of hydrogen-bond donors (Lipinski definition) is 1. The summed E-state index contributed by atoms with van der Waals surface area (Å²) >= 11 is 5.98. The van der Waals surface area contributed by atoms with Gasteiger partial charge in [-0.25, -0.2) is 14.8 Å². The molecule has 170 valence electrons. The van der Waals surface area contributed by atoms with Gasteiger partial charge >= 0.3 is 5.97 Å². The number of fused-ring (bicyclic) bond motifs is 2. The molecular formula is C23H22ClN5O4. The van der Waals surface area contributed by atoms with E-state index in [0.29, 0.717) is 16.7 Å². The lowest BCUT2D eigenvalue weighted by Gasteiger charge is -2.12. The van der Waals surface area contributed by atoms with Gasteiger partial charge in [0.15, 0.2) is 5.65 Å². The Morgan fingerprint density at radius 2 is 1.85 bits per heavy atom. The number of benzene rings is 2. The zero-order valence-corrected chi connectivity index (χ0v) is 18.9. The summed E-state index contributed by atoms with van der Waals surface area (Å²) in [6.07, 6.45) is 1.75. The van der Waals surface area contributed by atoms with Crippen LogP contribution in [0.1, 0.15) is 37.0 Å². The highest BCUT2D eigenvalue weighted by Gasteiger charge is 2.27. The third-order valence-electron chi connectivity index (χ3n) is 5.69. The molecule has 4 rings (SSSR count). The van der Waals surface area contributed by atoms with Crippen LogP contribution in [-0.4, -0.2) is 32.0 Å². The lowest BCUT2D eigenvalue weighted by Crippen LogP contribution is -2.15. The van der Waals surface area contributed by atoms with Gasteiger partial charge in [0, 0.05) is 6.07 Å². The average molecular weight is 468 g/mol. The maximum atomic E-state index is 13.1. The fourth-order valence-electron chi connectivity index (χ4n) is 3.69. The molecule has 0 aliphatic carbocycles. The van der Waals surface area contributed by atoms with E-state index in [9.17, 15) is 14.9 Å². The van der Waals surface area contributed by atoms with Gasteiger partial charge in [0.05, 0.1) is 28.3 Å². The fourth-order valence-corrected chi connectivity index (χ4v) is 3.88. The second-order valence-electron chi connectivity index (χ2n) is 7.65. The van der Waals surface area contributed by atoms with Gasteiger partial charge in [-0.15, -0.1) is 0 Å². The summed E-state index contributed by atoms with van der Waals surface area (Å²) < 4.78 is 7.04. The minimum atomic E-state index is -0.615. The Morgan fingerprint density at radius 1 is 1.18 bits per heavy atom. The molecule has 9 nitrogen and oxygen atoms in total. The number of nitro benzene ring substituents is 1. The molecule has 0 spiro atoms. The molecule has 33 heavy (non-hydrogen) atoms. The van der Waals surface area contributed by atoms with Crippen LogP contribution in [0.25, 0.3) is 27.9 Å². The number of carbonyl (C=O) groups is 1. The molecular weight excluding hydrogens is 446 g/mol. The molecule has 0 saturated carbocycles. The topological polar surface area (TPSA) is 126 Å². The Bertz CT molecular complexity index is 1380. The lowest BCUT2D eigenvalue weighted by atomic mass is 10.1. The van der Waals surface area contributed by atoms with E-state index >= 15 is 0 Å². The molecule has 0 aliphatic heterocycles. The van der Waals surface area contributed by atoms with Gasteiger partial charge in [-0.05, 0) is 30.2 Å². The number of nitro groups is 1. The number of anilines is 1. The number of nitrogens with zero attached hydrogens (tertiary/aromatic N) is 4. The smallest absolute Gasteiger partial charge is 0.344 e. The molecule has 0 atom stereocenters. The van der Waals surface area contributed by atoms with Crippen LogP contribution in [0, 0.1) is 16.0 Å². The lowest BCUT2D eigenvalue weighted by molar-refractivity contribution is -0.384. The SMILES string of the molecule is CCC(CC)COC(=O)c1c(N)n(-c2ccc(Cl)c([N+](=O)[O-])c2)c2nc3ccccc3nc12. The van der Waals surface area contributed by atoms with Crippen molar-refractivity contribution in [2.24, 2.45) is 5.92 Å². The van der Waals surface area contributed by atoms with Gasteiger partial charge < -0.3 is 10.5 Å². The monoisotopic (exact) mass is 467 g/mol. The predicted molar refractivity (Wildman–Crippen MR) is 127 cm³/mol. The van der Waals surface area contributed by atoms with Crippen LogP contribution in [0.5, 0.6) is 0 Å². The van der Waals surface area contributed by atoms with E-state index in [-0.39, 0.29) is 45.8 Å². The Hall–Kier alpha value is -3.72. The van der Waals surface area contributed by atoms with Crippen molar-refractivity contribution in [1.29, 1.82) is 0 Å². The number of aromatic nitrogens is 3. The molecule has 0 unspecified atom stereocenters. The van der Waals surface area contributed by atoms with Crippen LogP contribution in [0.2, 0.25) is 5.02 Å².